The number of aromatic amines is 1. The molecule has 2 aromatic carbocycles. The summed E-state index contributed by atoms with van der Waals surface area (Å²) in [6, 6.07) is 11.8. The third-order valence-corrected chi connectivity index (χ3v) is 3.51. The molecule has 3 rings (SSSR count). The Kier molecular flexibility index (Phi) is 3.99. The topological polar surface area (TPSA) is 84.1 Å². The number of ether oxygens (including phenoxy) is 1. The minimum atomic E-state index is -0.624. The van der Waals surface area contributed by atoms with Crippen molar-refractivity contribution in [2.75, 3.05) is 12.4 Å². The van der Waals surface area contributed by atoms with Crippen LogP contribution >= 0.6 is 11.6 Å². The monoisotopic (exact) mass is 329 g/mol. The van der Waals surface area contributed by atoms with Gasteiger partial charge in [-0.15, -0.1) is 0 Å². The van der Waals surface area contributed by atoms with Crippen LogP contribution < -0.4 is 5.32 Å². The van der Waals surface area contributed by atoms with Crippen molar-refractivity contribution in [3.63, 3.8) is 0 Å². The molecular formula is C16H12ClN3O3. The zero-order valence-corrected chi connectivity index (χ0v) is 12.8. The predicted molar refractivity (Wildman–Crippen MR) is 87.0 cm³/mol. The summed E-state index contributed by atoms with van der Waals surface area (Å²) in [6.07, 6.45) is -0.624. The number of halogens is 1. The minimum absolute atomic E-state index is 0.124. The molecule has 0 saturated heterocycles. The molecule has 1 heterocycles. The number of nitrogens with zero attached hydrogens (tertiary/aromatic N) is 1. The van der Waals surface area contributed by atoms with Gasteiger partial charge in [0.05, 0.1) is 18.1 Å². The molecule has 7 heteroatoms. The van der Waals surface area contributed by atoms with Crippen molar-refractivity contribution in [1.29, 1.82) is 0 Å². The van der Waals surface area contributed by atoms with Crippen molar-refractivity contribution in [3.8, 4) is 0 Å². The van der Waals surface area contributed by atoms with Crippen LogP contribution in [0, 0.1) is 0 Å². The van der Waals surface area contributed by atoms with Gasteiger partial charge in [-0.25, -0.2) is 9.78 Å². The van der Waals surface area contributed by atoms with Crippen LogP contribution in [-0.4, -0.2) is 29.0 Å². The number of imidazole rings is 1. The lowest BCUT2D eigenvalue weighted by molar-refractivity contribution is 0.103. The lowest BCUT2D eigenvalue weighted by Gasteiger charge is -2.01. The molecule has 0 aliphatic rings. The zero-order chi connectivity index (χ0) is 16.4. The van der Waals surface area contributed by atoms with Crippen LogP contribution in [0.1, 0.15) is 15.9 Å². The van der Waals surface area contributed by atoms with Gasteiger partial charge in [0.15, 0.2) is 5.78 Å². The molecule has 1 amide bonds. The number of carbonyl (C=O) groups is 2. The Morgan fingerprint density at radius 1 is 1.13 bits per heavy atom. The Morgan fingerprint density at radius 3 is 2.52 bits per heavy atom. The molecule has 1 aromatic heterocycles. The van der Waals surface area contributed by atoms with Crippen molar-refractivity contribution >= 4 is 40.5 Å². The second-order valence-electron chi connectivity index (χ2n) is 4.77. The fourth-order valence-electron chi connectivity index (χ4n) is 2.13. The molecule has 0 fully saturated rings. The molecule has 116 valence electrons. The molecule has 6 nitrogen and oxygen atoms in total. The number of aromatic nitrogens is 2. The predicted octanol–water partition coefficient (Wildman–Crippen LogP) is 3.63. The highest BCUT2D eigenvalue weighted by molar-refractivity contribution is 6.30. The van der Waals surface area contributed by atoms with Gasteiger partial charge in [-0.2, -0.15) is 0 Å². The molecule has 23 heavy (non-hydrogen) atoms. The van der Waals surface area contributed by atoms with Gasteiger partial charge in [0, 0.05) is 16.1 Å². The van der Waals surface area contributed by atoms with Crippen molar-refractivity contribution in [3.05, 3.63) is 58.6 Å². The average molecular weight is 330 g/mol. The number of hydrogen-bond acceptors (Lipinski definition) is 4. The molecule has 0 radical (unpaired) electrons. The summed E-state index contributed by atoms with van der Waals surface area (Å²) in [7, 11) is 1.26. The van der Waals surface area contributed by atoms with Gasteiger partial charge in [-0.1, -0.05) is 11.6 Å². The number of anilines is 1. The number of carbonyl (C=O) groups excluding carboxylic acids is 2. The van der Waals surface area contributed by atoms with E-state index in [9.17, 15) is 9.59 Å². The SMILES string of the molecule is COC(=O)Nc1nc2ccc(C(=O)c3ccc(Cl)cc3)cc2[nH]1. The van der Waals surface area contributed by atoms with Crippen LogP contribution in [0.25, 0.3) is 11.0 Å². The fourth-order valence-corrected chi connectivity index (χ4v) is 2.25. The Morgan fingerprint density at radius 2 is 1.83 bits per heavy atom. The summed E-state index contributed by atoms with van der Waals surface area (Å²) in [6.45, 7) is 0. The Bertz CT molecular complexity index is 887. The second-order valence-corrected chi connectivity index (χ2v) is 5.21. The second kappa shape index (κ2) is 6.10. The van der Waals surface area contributed by atoms with Crippen molar-refractivity contribution in [1.82, 2.24) is 9.97 Å². The molecule has 0 aliphatic heterocycles. The number of methoxy groups -OCH3 is 1. The van der Waals surface area contributed by atoms with E-state index in [1.165, 1.54) is 7.11 Å². The Balaban J connectivity index is 1.91. The summed E-state index contributed by atoms with van der Waals surface area (Å²) in [4.78, 5) is 30.8. The van der Waals surface area contributed by atoms with Crippen LogP contribution in [-0.2, 0) is 4.74 Å². The van der Waals surface area contributed by atoms with E-state index in [0.717, 1.165) is 0 Å². The number of H-pyrrole nitrogens is 1. The van der Waals surface area contributed by atoms with Crippen LogP contribution in [0.3, 0.4) is 0 Å². The lowest BCUT2D eigenvalue weighted by Crippen LogP contribution is -2.11. The first-order valence-corrected chi connectivity index (χ1v) is 7.09. The highest BCUT2D eigenvalue weighted by atomic mass is 35.5. The standard InChI is InChI=1S/C16H12ClN3O3/c1-23-16(22)20-15-18-12-7-4-10(8-13(12)19-15)14(21)9-2-5-11(17)6-3-9/h2-8H,1H3,(H2,18,19,20,22). The van der Waals surface area contributed by atoms with Gasteiger partial charge in [0.1, 0.15) is 0 Å². The van der Waals surface area contributed by atoms with Crippen LogP contribution in [0.2, 0.25) is 5.02 Å². The summed E-state index contributed by atoms with van der Waals surface area (Å²) in [5.41, 5.74) is 2.31. The number of nitrogens with one attached hydrogen (secondary N) is 2. The van der Waals surface area contributed by atoms with Crippen LogP contribution in [0.15, 0.2) is 42.5 Å². The Labute approximate surface area is 136 Å². The van der Waals surface area contributed by atoms with Gasteiger partial charge < -0.3 is 9.72 Å². The van der Waals surface area contributed by atoms with E-state index >= 15 is 0 Å². The van der Waals surface area contributed by atoms with Gasteiger partial charge >= 0.3 is 6.09 Å². The van der Waals surface area contributed by atoms with E-state index in [1.54, 1.807) is 42.5 Å². The quantitative estimate of drug-likeness (QED) is 0.719. The molecule has 3 aromatic rings. The fraction of sp³-hybridized carbons (Fsp3) is 0.0625. The van der Waals surface area contributed by atoms with Gasteiger partial charge in [-0.3, -0.25) is 10.1 Å². The Hall–Kier alpha value is -2.86. The number of benzene rings is 2. The first-order valence-electron chi connectivity index (χ1n) is 6.72. The zero-order valence-electron chi connectivity index (χ0n) is 12.1. The average Bonchev–Trinajstić information content (AvgIpc) is 2.96. The van der Waals surface area contributed by atoms with Crippen LogP contribution in [0.4, 0.5) is 10.7 Å². The minimum Gasteiger partial charge on any atom is -0.453 e. The van der Waals surface area contributed by atoms with E-state index < -0.39 is 6.09 Å². The first-order chi connectivity index (χ1) is 11.1. The molecule has 0 bridgehead atoms. The summed E-state index contributed by atoms with van der Waals surface area (Å²) >= 11 is 5.83. The number of amides is 1. The molecule has 0 saturated carbocycles. The highest BCUT2D eigenvalue weighted by Gasteiger charge is 2.12. The molecule has 0 unspecified atom stereocenters. The summed E-state index contributed by atoms with van der Waals surface area (Å²) in [5.74, 6) is 0.128. The van der Waals surface area contributed by atoms with Gasteiger partial charge in [0.2, 0.25) is 5.95 Å². The molecule has 0 aliphatic carbocycles. The van der Waals surface area contributed by atoms with E-state index in [1.807, 2.05) is 0 Å². The molecular weight excluding hydrogens is 318 g/mol. The van der Waals surface area contributed by atoms with Gasteiger partial charge in [-0.05, 0) is 42.5 Å². The maximum Gasteiger partial charge on any atom is 0.413 e. The largest absolute Gasteiger partial charge is 0.453 e. The normalized spacial score (nSPS) is 10.5. The number of hydrogen-bond donors (Lipinski definition) is 2. The van der Waals surface area contributed by atoms with E-state index in [2.05, 4.69) is 20.0 Å². The van der Waals surface area contributed by atoms with Crippen LogP contribution in [0.5, 0.6) is 0 Å². The maximum atomic E-state index is 12.5. The smallest absolute Gasteiger partial charge is 0.413 e. The maximum absolute atomic E-state index is 12.5. The number of fused-ring (bicyclic) bond motifs is 1. The van der Waals surface area contributed by atoms with Crippen molar-refractivity contribution in [2.45, 2.75) is 0 Å². The first kappa shape index (κ1) is 15.1. The van der Waals surface area contributed by atoms with E-state index in [-0.39, 0.29) is 11.7 Å². The van der Waals surface area contributed by atoms with E-state index in [0.29, 0.717) is 27.2 Å². The van der Waals surface area contributed by atoms with Gasteiger partial charge in [0.25, 0.3) is 0 Å². The molecule has 0 atom stereocenters. The third kappa shape index (κ3) is 3.17. The van der Waals surface area contributed by atoms with Crippen molar-refractivity contribution in [2.24, 2.45) is 0 Å². The molecule has 0 spiro atoms. The number of rotatable bonds is 3. The third-order valence-electron chi connectivity index (χ3n) is 3.26. The molecule has 2 N–H and O–H groups in total. The van der Waals surface area contributed by atoms with Crippen molar-refractivity contribution < 1.29 is 14.3 Å². The van der Waals surface area contributed by atoms with E-state index in [4.69, 9.17) is 11.6 Å². The number of ketones is 1. The highest BCUT2D eigenvalue weighted by Crippen LogP contribution is 2.19. The summed E-state index contributed by atoms with van der Waals surface area (Å²) in [5, 5.41) is 3.01. The lowest BCUT2D eigenvalue weighted by atomic mass is 10.0. The summed E-state index contributed by atoms with van der Waals surface area (Å²) < 4.78 is 4.50.